The van der Waals surface area contributed by atoms with Crippen LogP contribution in [-0.4, -0.2) is 9.78 Å². The molecule has 2 nitrogen and oxygen atoms in total. The number of hydrogen-bond acceptors (Lipinski definition) is 1. The molecule has 0 aliphatic rings. The number of halogens is 1. The monoisotopic (exact) mass is 180 g/mol. The Morgan fingerprint density at radius 3 is 2.92 bits per heavy atom. The minimum Gasteiger partial charge on any atom is -0.275 e. The number of aromatic nitrogens is 2. The highest BCUT2D eigenvalue weighted by Crippen LogP contribution is 2.21. The number of fused-ring (bicyclic) bond motifs is 1. The second-order valence-corrected chi connectivity index (χ2v) is 3.39. The van der Waals surface area contributed by atoms with Crippen molar-refractivity contribution in [1.29, 1.82) is 0 Å². The molecule has 12 heavy (non-hydrogen) atoms. The van der Waals surface area contributed by atoms with Gasteiger partial charge >= 0.3 is 0 Å². The molecule has 0 radical (unpaired) electrons. The largest absolute Gasteiger partial charge is 0.275 e. The van der Waals surface area contributed by atoms with Gasteiger partial charge in [0.2, 0.25) is 0 Å². The summed E-state index contributed by atoms with van der Waals surface area (Å²) < 4.78 is 1.80. The van der Waals surface area contributed by atoms with Crippen LogP contribution < -0.4 is 0 Å². The van der Waals surface area contributed by atoms with Crippen LogP contribution in [0.15, 0.2) is 18.3 Å². The van der Waals surface area contributed by atoms with Gasteiger partial charge in [0.1, 0.15) is 0 Å². The van der Waals surface area contributed by atoms with Crippen LogP contribution in [0.3, 0.4) is 0 Å². The van der Waals surface area contributed by atoms with E-state index in [0.29, 0.717) is 0 Å². The lowest BCUT2D eigenvalue weighted by atomic mass is 10.1. The van der Waals surface area contributed by atoms with Crippen molar-refractivity contribution in [2.24, 2.45) is 7.05 Å². The number of aryl methyl sites for hydroxylation is 2. The molecule has 2 rings (SSSR count). The summed E-state index contributed by atoms with van der Waals surface area (Å²) in [4.78, 5) is 0. The summed E-state index contributed by atoms with van der Waals surface area (Å²) in [7, 11) is 1.91. The van der Waals surface area contributed by atoms with Gasteiger partial charge in [-0.2, -0.15) is 5.10 Å². The molecule has 0 bridgehead atoms. The van der Waals surface area contributed by atoms with Gasteiger partial charge in [0.25, 0.3) is 0 Å². The van der Waals surface area contributed by atoms with Crippen LogP contribution in [0.4, 0.5) is 0 Å². The minimum atomic E-state index is 0.749. The van der Waals surface area contributed by atoms with Crippen LogP contribution in [0.2, 0.25) is 5.02 Å². The summed E-state index contributed by atoms with van der Waals surface area (Å²) in [5.41, 5.74) is 2.13. The molecule has 0 saturated heterocycles. The molecule has 0 aliphatic heterocycles. The van der Waals surface area contributed by atoms with E-state index in [9.17, 15) is 0 Å². The number of hydrogen-bond donors (Lipinski definition) is 0. The van der Waals surface area contributed by atoms with Crippen molar-refractivity contribution in [3.05, 3.63) is 28.9 Å². The lowest BCUT2D eigenvalue weighted by molar-refractivity contribution is 0.779. The summed E-state index contributed by atoms with van der Waals surface area (Å²) in [5, 5.41) is 6.18. The Kier molecular flexibility index (Phi) is 1.58. The van der Waals surface area contributed by atoms with E-state index in [4.69, 9.17) is 11.6 Å². The maximum Gasteiger partial charge on any atom is 0.0940 e. The second kappa shape index (κ2) is 2.49. The predicted octanol–water partition coefficient (Wildman–Crippen LogP) is 2.54. The smallest absolute Gasteiger partial charge is 0.0940 e. The molecule has 0 saturated carbocycles. The Bertz CT molecular complexity index is 431. The Balaban J connectivity index is 2.88. The number of rotatable bonds is 0. The van der Waals surface area contributed by atoms with Gasteiger partial charge in [-0.25, -0.2) is 0 Å². The molecule has 0 amide bonds. The standard InChI is InChI=1S/C9H9ClN2/c1-6-3-7(10)4-9-8(6)5-12(2)11-9/h3-5H,1-2H3. The van der Waals surface area contributed by atoms with E-state index in [1.54, 1.807) is 4.68 Å². The van der Waals surface area contributed by atoms with E-state index < -0.39 is 0 Å². The summed E-state index contributed by atoms with van der Waals surface area (Å²) >= 11 is 5.88. The van der Waals surface area contributed by atoms with E-state index in [1.165, 1.54) is 10.9 Å². The Morgan fingerprint density at radius 2 is 2.17 bits per heavy atom. The molecular weight excluding hydrogens is 172 g/mol. The van der Waals surface area contributed by atoms with Crippen molar-refractivity contribution in [2.45, 2.75) is 6.92 Å². The maximum atomic E-state index is 5.88. The van der Waals surface area contributed by atoms with Gasteiger partial charge < -0.3 is 0 Å². The van der Waals surface area contributed by atoms with Crippen molar-refractivity contribution in [1.82, 2.24) is 9.78 Å². The first-order valence-electron chi connectivity index (χ1n) is 3.76. The molecule has 0 fully saturated rings. The average Bonchev–Trinajstić information content (AvgIpc) is 2.29. The topological polar surface area (TPSA) is 17.8 Å². The molecule has 62 valence electrons. The van der Waals surface area contributed by atoms with Crippen LogP contribution in [0.1, 0.15) is 5.56 Å². The van der Waals surface area contributed by atoms with Crippen molar-refractivity contribution in [3.8, 4) is 0 Å². The van der Waals surface area contributed by atoms with Gasteiger partial charge in [-0.1, -0.05) is 11.6 Å². The van der Waals surface area contributed by atoms with E-state index in [0.717, 1.165) is 10.5 Å². The Labute approximate surface area is 75.8 Å². The van der Waals surface area contributed by atoms with Gasteiger partial charge in [0.15, 0.2) is 0 Å². The van der Waals surface area contributed by atoms with Gasteiger partial charge in [0.05, 0.1) is 5.52 Å². The summed E-state index contributed by atoms with van der Waals surface area (Å²) in [6.07, 6.45) is 2.00. The highest BCUT2D eigenvalue weighted by Gasteiger charge is 2.02. The zero-order valence-electron chi connectivity index (χ0n) is 7.00. The first-order chi connectivity index (χ1) is 5.66. The maximum absolute atomic E-state index is 5.88. The van der Waals surface area contributed by atoms with Gasteiger partial charge in [-0.15, -0.1) is 0 Å². The number of nitrogens with zero attached hydrogens (tertiary/aromatic N) is 2. The fourth-order valence-corrected chi connectivity index (χ4v) is 1.64. The summed E-state index contributed by atoms with van der Waals surface area (Å²) in [6, 6.07) is 3.83. The predicted molar refractivity (Wildman–Crippen MR) is 50.5 cm³/mol. The fraction of sp³-hybridized carbons (Fsp3) is 0.222. The molecule has 1 aromatic carbocycles. The third kappa shape index (κ3) is 1.08. The lowest BCUT2D eigenvalue weighted by Crippen LogP contribution is -1.84. The average molecular weight is 181 g/mol. The van der Waals surface area contributed by atoms with Crippen LogP contribution >= 0.6 is 11.6 Å². The van der Waals surface area contributed by atoms with E-state index in [-0.39, 0.29) is 0 Å². The van der Waals surface area contributed by atoms with Crippen molar-refractivity contribution in [3.63, 3.8) is 0 Å². The van der Waals surface area contributed by atoms with Crippen molar-refractivity contribution in [2.75, 3.05) is 0 Å². The Hall–Kier alpha value is -1.02. The van der Waals surface area contributed by atoms with E-state index in [2.05, 4.69) is 5.10 Å². The zero-order valence-corrected chi connectivity index (χ0v) is 7.76. The van der Waals surface area contributed by atoms with Crippen LogP contribution in [0.25, 0.3) is 10.9 Å². The molecule has 0 spiro atoms. The highest BCUT2D eigenvalue weighted by atomic mass is 35.5. The first kappa shape index (κ1) is 7.62. The third-order valence-electron chi connectivity index (χ3n) is 1.91. The molecule has 0 aliphatic carbocycles. The summed E-state index contributed by atoms with van der Waals surface area (Å²) in [5.74, 6) is 0. The van der Waals surface area contributed by atoms with E-state index in [1.807, 2.05) is 32.3 Å². The molecule has 0 N–H and O–H groups in total. The third-order valence-corrected chi connectivity index (χ3v) is 2.13. The molecule has 0 unspecified atom stereocenters. The van der Waals surface area contributed by atoms with Crippen molar-refractivity contribution < 1.29 is 0 Å². The second-order valence-electron chi connectivity index (χ2n) is 2.96. The van der Waals surface area contributed by atoms with Gasteiger partial charge in [-0.3, -0.25) is 4.68 Å². The fourth-order valence-electron chi connectivity index (χ4n) is 1.37. The molecule has 1 aromatic heterocycles. The van der Waals surface area contributed by atoms with Crippen molar-refractivity contribution >= 4 is 22.5 Å². The van der Waals surface area contributed by atoms with Gasteiger partial charge in [0, 0.05) is 23.7 Å². The lowest BCUT2D eigenvalue weighted by Gasteiger charge is -1.94. The molecule has 1 heterocycles. The van der Waals surface area contributed by atoms with E-state index >= 15 is 0 Å². The summed E-state index contributed by atoms with van der Waals surface area (Å²) in [6.45, 7) is 2.04. The van der Waals surface area contributed by atoms with Crippen LogP contribution in [0.5, 0.6) is 0 Å². The highest BCUT2D eigenvalue weighted by molar-refractivity contribution is 6.31. The Morgan fingerprint density at radius 1 is 1.42 bits per heavy atom. The normalized spacial score (nSPS) is 10.9. The molecule has 2 aromatic rings. The van der Waals surface area contributed by atoms with Crippen LogP contribution in [0, 0.1) is 6.92 Å². The first-order valence-corrected chi connectivity index (χ1v) is 4.14. The zero-order chi connectivity index (χ0) is 8.72. The quantitative estimate of drug-likeness (QED) is 0.609. The molecular formula is C9H9ClN2. The van der Waals surface area contributed by atoms with Crippen LogP contribution in [-0.2, 0) is 7.05 Å². The number of benzene rings is 1. The minimum absolute atomic E-state index is 0.749. The molecule has 3 heteroatoms. The SMILES string of the molecule is Cc1cc(Cl)cc2nn(C)cc12. The molecule has 0 atom stereocenters. The van der Waals surface area contributed by atoms with Gasteiger partial charge in [-0.05, 0) is 24.6 Å².